The van der Waals surface area contributed by atoms with E-state index in [1.165, 1.54) is 0 Å². The number of nitrogens with zero attached hydrogens (tertiary/aromatic N) is 4. The van der Waals surface area contributed by atoms with E-state index in [0.29, 0.717) is 43.6 Å². The maximum absolute atomic E-state index is 13.2. The zero-order valence-corrected chi connectivity index (χ0v) is 18.4. The number of carbonyl (C=O) groups is 1. The van der Waals surface area contributed by atoms with Crippen molar-refractivity contribution in [3.63, 3.8) is 0 Å². The molecule has 0 radical (unpaired) electrons. The highest BCUT2D eigenvalue weighted by Gasteiger charge is 2.22. The van der Waals surface area contributed by atoms with Gasteiger partial charge in [0.15, 0.2) is 11.6 Å². The number of nitrogen functional groups attached to an aromatic ring is 1. The quantitative estimate of drug-likeness (QED) is 0.524. The maximum Gasteiger partial charge on any atom is 0.189 e. The Labute approximate surface area is 191 Å². The second-order valence-electron chi connectivity index (χ2n) is 7.55. The minimum Gasteiger partial charge on any atom is -0.382 e. The Bertz CT molecular complexity index is 1100. The largest absolute Gasteiger partial charge is 0.382 e. The van der Waals surface area contributed by atoms with Crippen LogP contribution in [0.5, 0.6) is 0 Å². The molecule has 0 spiro atoms. The number of benzene rings is 1. The summed E-state index contributed by atoms with van der Waals surface area (Å²) in [5.41, 5.74) is 15.9. The van der Waals surface area contributed by atoms with E-state index in [2.05, 4.69) is 19.9 Å². The summed E-state index contributed by atoms with van der Waals surface area (Å²) in [5, 5.41) is 0.502. The van der Waals surface area contributed by atoms with Crippen LogP contribution in [0.15, 0.2) is 42.9 Å². The van der Waals surface area contributed by atoms with Crippen LogP contribution in [0.25, 0.3) is 11.3 Å². The summed E-state index contributed by atoms with van der Waals surface area (Å²) in [6.45, 7) is 3.20. The lowest BCUT2D eigenvalue weighted by molar-refractivity contribution is 0.0988. The third kappa shape index (κ3) is 4.88. The van der Waals surface area contributed by atoms with Crippen molar-refractivity contribution >= 4 is 28.9 Å². The van der Waals surface area contributed by atoms with E-state index < -0.39 is 0 Å². The molecule has 1 aliphatic rings. The molecule has 166 valence electrons. The van der Waals surface area contributed by atoms with E-state index in [9.17, 15) is 4.79 Å². The minimum absolute atomic E-state index is 0.0675. The lowest BCUT2D eigenvalue weighted by Gasteiger charge is -2.31. The fourth-order valence-electron chi connectivity index (χ4n) is 3.75. The maximum atomic E-state index is 13.2. The fraction of sp³-hybridized carbons (Fsp3) is 0.304. The molecule has 9 heteroatoms. The predicted molar refractivity (Wildman–Crippen MR) is 125 cm³/mol. The molecule has 4 rings (SSSR count). The number of carbonyl (C=O) groups excluding carboxylic acids is 1. The molecule has 3 heterocycles. The first kappa shape index (κ1) is 22.1. The molecular formula is C23H25ClN6O2. The summed E-state index contributed by atoms with van der Waals surface area (Å²) < 4.78 is 5.43. The summed E-state index contributed by atoms with van der Waals surface area (Å²) >= 11 is 6.45. The molecule has 32 heavy (non-hydrogen) atoms. The zero-order chi connectivity index (χ0) is 22.5. The van der Waals surface area contributed by atoms with Crippen molar-refractivity contribution in [2.45, 2.75) is 12.8 Å². The second-order valence-corrected chi connectivity index (χ2v) is 7.96. The summed E-state index contributed by atoms with van der Waals surface area (Å²) in [5.74, 6) is -0.142. The van der Waals surface area contributed by atoms with E-state index in [1.54, 1.807) is 18.6 Å². The number of pyridine rings is 1. The number of ether oxygens (including phenoxy) is 1. The first-order chi connectivity index (χ1) is 15.6. The lowest BCUT2D eigenvalue weighted by Crippen LogP contribution is -2.37. The van der Waals surface area contributed by atoms with Gasteiger partial charge in [-0.1, -0.05) is 35.9 Å². The highest BCUT2D eigenvalue weighted by molar-refractivity contribution is 6.33. The van der Waals surface area contributed by atoms with Crippen molar-refractivity contribution in [1.82, 2.24) is 15.0 Å². The van der Waals surface area contributed by atoms with E-state index in [1.807, 2.05) is 24.3 Å². The highest BCUT2D eigenvalue weighted by Crippen LogP contribution is 2.31. The molecule has 4 N–H and O–H groups in total. The number of ketones is 1. The summed E-state index contributed by atoms with van der Waals surface area (Å²) in [6, 6.07) is 7.87. The van der Waals surface area contributed by atoms with Gasteiger partial charge in [0.25, 0.3) is 0 Å². The number of morpholine rings is 1. The number of hydrogen-bond acceptors (Lipinski definition) is 8. The van der Waals surface area contributed by atoms with Crippen molar-refractivity contribution in [2.75, 3.05) is 43.5 Å². The van der Waals surface area contributed by atoms with Crippen LogP contribution in [0, 0.1) is 0 Å². The molecule has 2 aromatic heterocycles. The zero-order valence-electron chi connectivity index (χ0n) is 17.6. The molecule has 1 saturated heterocycles. The standard InChI is InChI=1S/C23H25ClN6O2/c24-18-13-27-12-17(22(18)30-7-9-32-10-8-30)11-20(31)21-23(26)28-14-19(29-21)16-3-1-15(2-4-16)5-6-25/h1-4,12-14H,5-11,25H2,(H2,26,28). The molecule has 8 nitrogen and oxygen atoms in total. The first-order valence-corrected chi connectivity index (χ1v) is 10.8. The molecule has 0 aliphatic carbocycles. The molecule has 1 fully saturated rings. The van der Waals surface area contributed by atoms with Gasteiger partial charge >= 0.3 is 0 Å². The number of Topliss-reactive ketones (excluding diaryl/α,β-unsaturated/α-hetero) is 1. The van der Waals surface area contributed by atoms with Gasteiger partial charge in [0.05, 0.1) is 35.8 Å². The summed E-state index contributed by atoms with van der Waals surface area (Å²) in [4.78, 5) is 28.2. The van der Waals surface area contributed by atoms with Crippen LogP contribution < -0.4 is 16.4 Å². The molecule has 0 saturated carbocycles. The van der Waals surface area contributed by atoms with Gasteiger partial charge in [-0.05, 0) is 18.5 Å². The van der Waals surface area contributed by atoms with Crippen molar-refractivity contribution in [1.29, 1.82) is 0 Å². The number of hydrogen-bond donors (Lipinski definition) is 2. The van der Waals surface area contributed by atoms with Crippen LogP contribution in [0.3, 0.4) is 0 Å². The van der Waals surface area contributed by atoms with Gasteiger partial charge in [-0.15, -0.1) is 0 Å². The molecule has 0 amide bonds. The highest BCUT2D eigenvalue weighted by atomic mass is 35.5. The van der Waals surface area contributed by atoms with E-state index in [4.69, 9.17) is 27.8 Å². The Kier molecular flexibility index (Phi) is 6.94. The molecule has 1 aromatic carbocycles. The van der Waals surface area contributed by atoms with Crippen molar-refractivity contribution in [3.05, 3.63) is 64.7 Å². The van der Waals surface area contributed by atoms with Gasteiger partial charge in [0.1, 0.15) is 5.69 Å². The Morgan fingerprint density at radius 1 is 1.12 bits per heavy atom. The van der Waals surface area contributed by atoms with Gasteiger partial charge < -0.3 is 21.1 Å². The third-order valence-electron chi connectivity index (χ3n) is 5.37. The van der Waals surface area contributed by atoms with Crippen LogP contribution >= 0.6 is 11.6 Å². The molecule has 1 aliphatic heterocycles. The molecule has 0 bridgehead atoms. The topological polar surface area (TPSA) is 120 Å². The van der Waals surface area contributed by atoms with E-state index in [-0.39, 0.29) is 23.7 Å². The van der Waals surface area contributed by atoms with Crippen LogP contribution in [-0.2, 0) is 17.6 Å². The Morgan fingerprint density at radius 3 is 2.59 bits per heavy atom. The predicted octanol–water partition coefficient (Wildman–Crippen LogP) is 2.54. The van der Waals surface area contributed by atoms with Crippen LogP contribution in [-0.4, -0.2) is 53.6 Å². The number of anilines is 2. The third-order valence-corrected chi connectivity index (χ3v) is 5.65. The Morgan fingerprint density at radius 2 is 1.88 bits per heavy atom. The Hall–Kier alpha value is -3.07. The smallest absolute Gasteiger partial charge is 0.189 e. The van der Waals surface area contributed by atoms with Gasteiger partial charge in [-0.3, -0.25) is 9.78 Å². The van der Waals surface area contributed by atoms with Crippen LogP contribution in [0.2, 0.25) is 5.02 Å². The monoisotopic (exact) mass is 452 g/mol. The lowest BCUT2D eigenvalue weighted by atomic mass is 10.0. The normalized spacial score (nSPS) is 13.9. The van der Waals surface area contributed by atoms with Crippen LogP contribution in [0.1, 0.15) is 21.6 Å². The molecular weight excluding hydrogens is 428 g/mol. The molecule has 0 unspecified atom stereocenters. The fourth-order valence-corrected chi connectivity index (χ4v) is 4.04. The average molecular weight is 453 g/mol. The summed E-state index contributed by atoms with van der Waals surface area (Å²) in [7, 11) is 0. The van der Waals surface area contributed by atoms with Crippen LogP contribution in [0.4, 0.5) is 11.5 Å². The molecule has 0 atom stereocenters. The van der Waals surface area contributed by atoms with E-state index >= 15 is 0 Å². The number of halogens is 1. The Balaban J connectivity index is 1.60. The van der Waals surface area contributed by atoms with Crippen molar-refractivity contribution in [2.24, 2.45) is 5.73 Å². The minimum atomic E-state index is -0.241. The van der Waals surface area contributed by atoms with Crippen molar-refractivity contribution < 1.29 is 9.53 Å². The number of nitrogens with two attached hydrogens (primary N) is 2. The molecule has 3 aromatic rings. The average Bonchev–Trinajstić information content (AvgIpc) is 2.81. The van der Waals surface area contributed by atoms with Gasteiger partial charge in [-0.25, -0.2) is 9.97 Å². The van der Waals surface area contributed by atoms with Gasteiger partial charge in [0.2, 0.25) is 0 Å². The SMILES string of the molecule is NCCc1ccc(-c2cnc(N)c(C(=O)Cc3cncc(Cl)c3N3CCOCC3)n2)cc1. The van der Waals surface area contributed by atoms with Gasteiger partial charge in [-0.2, -0.15) is 0 Å². The second kappa shape index (κ2) is 10.0. The number of rotatable bonds is 7. The number of aromatic nitrogens is 3. The first-order valence-electron chi connectivity index (χ1n) is 10.5. The van der Waals surface area contributed by atoms with Gasteiger partial charge in [0, 0.05) is 43.0 Å². The summed E-state index contributed by atoms with van der Waals surface area (Å²) in [6.07, 6.45) is 5.69. The van der Waals surface area contributed by atoms with Crippen molar-refractivity contribution in [3.8, 4) is 11.3 Å². The van der Waals surface area contributed by atoms with E-state index in [0.717, 1.165) is 28.8 Å².